The minimum atomic E-state index is -0.117. The molecule has 0 aliphatic rings. The van der Waals surface area contributed by atoms with E-state index in [1.165, 1.54) is 0 Å². The van der Waals surface area contributed by atoms with Gasteiger partial charge in [0.2, 0.25) is 5.91 Å². The minimum Gasteiger partial charge on any atom is -0.342 e. The average Bonchev–Trinajstić information content (AvgIpc) is 3.11. The van der Waals surface area contributed by atoms with E-state index < -0.39 is 0 Å². The Hall–Kier alpha value is -2.73. The van der Waals surface area contributed by atoms with Gasteiger partial charge in [0, 0.05) is 46.3 Å². The zero-order valence-electron chi connectivity index (χ0n) is 17.4. The molecule has 0 saturated heterocycles. The van der Waals surface area contributed by atoms with E-state index in [1.54, 1.807) is 11.8 Å². The van der Waals surface area contributed by atoms with Crippen LogP contribution < -0.4 is 5.32 Å². The number of rotatable bonds is 7. The van der Waals surface area contributed by atoms with Gasteiger partial charge in [-0.25, -0.2) is 0 Å². The predicted molar refractivity (Wildman–Crippen MR) is 121 cm³/mol. The first-order valence-corrected chi connectivity index (χ1v) is 11.0. The fraction of sp³-hybridized carbons (Fsp3) is 0.304. The van der Waals surface area contributed by atoms with Gasteiger partial charge in [-0.1, -0.05) is 6.07 Å². The highest BCUT2D eigenvalue weighted by Crippen LogP contribution is 2.23. The Morgan fingerprint density at radius 1 is 1.07 bits per heavy atom. The average molecular weight is 410 g/mol. The van der Waals surface area contributed by atoms with Crippen molar-refractivity contribution in [2.24, 2.45) is 0 Å². The molecule has 0 atom stereocenters. The lowest BCUT2D eigenvalue weighted by Crippen LogP contribution is -2.33. The molecule has 29 heavy (non-hydrogen) atoms. The molecule has 0 aliphatic heterocycles. The lowest BCUT2D eigenvalue weighted by Gasteiger charge is -2.19. The van der Waals surface area contributed by atoms with Crippen molar-refractivity contribution < 1.29 is 9.59 Å². The zero-order chi connectivity index (χ0) is 21.0. The Balaban J connectivity index is 1.79. The van der Waals surface area contributed by atoms with E-state index in [2.05, 4.69) is 5.32 Å². The first-order valence-electron chi connectivity index (χ1n) is 9.79. The number of thioether (sulfide) groups is 1. The van der Waals surface area contributed by atoms with Gasteiger partial charge >= 0.3 is 0 Å². The third kappa shape index (κ3) is 4.65. The summed E-state index contributed by atoms with van der Waals surface area (Å²) >= 11 is 1.62. The maximum Gasteiger partial charge on any atom is 0.255 e. The van der Waals surface area contributed by atoms with Crippen molar-refractivity contribution in [1.82, 2.24) is 9.47 Å². The number of carbonyl (C=O) groups excluding carboxylic acids is 2. The molecular formula is C23H27N3O2S. The third-order valence-electron chi connectivity index (χ3n) is 5.14. The van der Waals surface area contributed by atoms with Crippen LogP contribution in [-0.4, -0.2) is 40.6 Å². The number of aromatic nitrogens is 1. The van der Waals surface area contributed by atoms with Crippen molar-refractivity contribution in [2.75, 3.05) is 24.7 Å². The van der Waals surface area contributed by atoms with Crippen LogP contribution in [0, 0.1) is 6.92 Å². The predicted octanol–water partition coefficient (Wildman–Crippen LogP) is 4.79. The first kappa shape index (κ1) is 21.0. The van der Waals surface area contributed by atoms with Crippen LogP contribution in [0.3, 0.4) is 0 Å². The van der Waals surface area contributed by atoms with Gasteiger partial charge in [0.25, 0.3) is 5.91 Å². The van der Waals surface area contributed by atoms with Crippen LogP contribution in [0.25, 0.3) is 10.9 Å². The van der Waals surface area contributed by atoms with E-state index >= 15 is 0 Å². The Labute approximate surface area is 176 Å². The summed E-state index contributed by atoms with van der Waals surface area (Å²) in [5.74, 6) is -0.0112. The number of aryl methyl sites for hydroxylation is 1. The Morgan fingerprint density at radius 2 is 1.83 bits per heavy atom. The lowest BCUT2D eigenvalue weighted by atomic mass is 10.1. The number of carbonyl (C=O) groups is 2. The number of hydrogen-bond donors (Lipinski definition) is 1. The normalized spacial score (nSPS) is 10.9. The summed E-state index contributed by atoms with van der Waals surface area (Å²) in [7, 11) is 0. The maximum absolute atomic E-state index is 12.8. The van der Waals surface area contributed by atoms with Crippen LogP contribution in [0.5, 0.6) is 0 Å². The van der Waals surface area contributed by atoms with E-state index in [0.717, 1.165) is 27.0 Å². The summed E-state index contributed by atoms with van der Waals surface area (Å²) in [5.41, 5.74) is 3.34. The molecule has 0 spiro atoms. The van der Waals surface area contributed by atoms with Crippen molar-refractivity contribution in [3.05, 3.63) is 59.8 Å². The van der Waals surface area contributed by atoms with Gasteiger partial charge < -0.3 is 14.8 Å². The van der Waals surface area contributed by atoms with Crippen molar-refractivity contribution in [2.45, 2.75) is 32.2 Å². The zero-order valence-corrected chi connectivity index (χ0v) is 18.2. The minimum absolute atomic E-state index is 0.106. The van der Waals surface area contributed by atoms with Crippen LogP contribution >= 0.6 is 11.8 Å². The number of anilines is 1. The number of likely N-dealkylation sites (N-methyl/N-ethyl adjacent to an activating group) is 1. The first-order chi connectivity index (χ1) is 14.0. The molecule has 3 aromatic rings. The fourth-order valence-corrected chi connectivity index (χ4v) is 3.85. The van der Waals surface area contributed by atoms with Crippen molar-refractivity contribution in [3.8, 4) is 0 Å². The molecule has 0 saturated carbocycles. The molecule has 5 nitrogen and oxygen atoms in total. The van der Waals surface area contributed by atoms with E-state index in [4.69, 9.17) is 0 Å². The topological polar surface area (TPSA) is 54.3 Å². The molecule has 2 amide bonds. The largest absolute Gasteiger partial charge is 0.342 e. The molecule has 0 aliphatic carbocycles. The monoisotopic (exact) mass is 409 g/mol. The van der Waals surface area contributed by atoms with E-state index in [9.17, 15) is 9.59 Å². The summed E-state index contributed by atoms with van der Waals surface area (Å²) in [6.45, 7) is 7.65. The molecule has 0 fully saturated rings. The highest BCUT2D eigenvalue weighted by atomic mass is 32.2. The smallest absolute Gasteiger partial charge is 0.255 e. The van der Waals surface area contributed by atoms with Gasteiger partial charge in [-0.05, 0) is 69.0 Å². The summed E-state index contributed by atoms with van der Waals surface area (Å²) in [5, 5.41) is 3.99. The van der Waals surface area contributed by atoms with Gasteiger partial charge in [0.05, 0.1) is 0 Å². The lowest BCUT2D eigenvalue weighted by molar-refractivity contribution is -0.131. The van der Waals surface area contributed by atoms with Crippen molar-refractivity contribution in [1.29, 1.82) is 0 Å². The van der Waals surface area contributed by atoms with Gasteiger partial charge in [0.15, 0.2) is 0 Å². The van der Waals surface area contributed by atoms with Crippen LogP contribution in [0.15, 0.2) is 53.6 Å². The van der Waals surface area contributed by atoms with E-state index in [-0.39, 0.29) is 11.8 Å². The maximum atomic E-state index is 12.8. The van der Waals surface area contributed by atoms with E-state index in [0.29, 0.717) is 25.2 Å². The Kier molecular flexibility index (Phi) is 6.64. The molecule has 1 heterocycles. The van der Waals surface area contributed by atoms with Crippen LogP contribution in [0.2, 0.25) is 0 Å². The Bertz CT molecular complexity index is 1040. The summed E-state index contributed by atoms with van der Waals surface area (Å²) in [6.07, 6.45) is 3.92. The molecule has 0 bridgehead atoms. The Morgan fingerprint density at radius 3 is 2.52 bits per heavy atom. The number of hydrogen-bond acceptors (Lipinski definition) is 3. The standard InChI is InChI=1S/C23H27N3O2S/c1-5-25(6-2)22(27)15-26-12-11-17-13-18(8-10-21(17)26)24-23(28)20-14-19(29-4)9-7-16(20)3/h7-14H,5-6,15H2,1-4H3,(H,24,28). The van der Waals surface area contributed by atoms with Crippen LogP contribution in [0.4, 0.5) is 5.69 Å². The molecule has 152 valence electrons. The number of benzene rings is 2. The highest BCUT2D eigenvalue weighted by molar-refractivity contribution is 7.98. The molecule has 1 aromatic heterocycles. The summed E-state index contributed by atoms with van der Waals surface area (Å²) in [4.78, 5) is 28.1. The second-order valence-electron chi connectivity index (χ2n) is 6.92. The number of nitrogens with zero attached hydrogens (tertiary/aromatic N) is 2. The number of nitrogens with one attached hydrogen (secondary N) is 1. The summed E-state index contributed by atoms with van der Waals surface area (Å²) < 4.78 is 1.95. The fourth-order valence-electron chi connectivity index (χ4n) is 3.41. The van der Waals surface area contributed by atoms with Gasteiger partial charge in [0.1, 0.15) is 6.54 Å². The molecular weight excluding hydrogens is 382 g/mol. The molecule has 3 rings (SSSR count). The SMILES string of the molecule is CCN(CC)C(=O)Cn1ccc2cc(NC(=O)c3cc(SC)ccc3C)ccc21. The quantitative estimate of drug-likeness (QED) is 0.571. The van der Waals surface area contributed by atoms with Crippen molar-refractivity contribution in [3.63, 3.8) is 0 Å². The molecule has 2 aromatic carbocycles. The third-order valence-corrected chi connectivity index (χ3v) is 5.87. The van der Waals surface area contributed by atoms with Gasteiger partial charge in [-0.3, -0.25) is 9.59 Å². The number of amides is 2. The second-order valence-corrected chi connectivity index (χ2v) is 7.80. The van der Waals surface area contributed by atoms with Crippen molar-refractivity contribution >= 4 is 40.2 Å². The van der Waals surface area contributed by atoms with Crippen LogP contribution in [0.1, 0.15) is 29.8 Å². The molecule has 0 unspecified atom stereocenters. The molecule has 1 N–H and O–H groups in total. The molecule has 6 heteroatoms. The molecule has 0 radical (unpaired) electrons. The van der Waals surface area contributed by atoms with Gasteiger partial charge in [-0.2, -0.15) is 0 Å². The number of fused-ring (bicyclic) bond motifs is 1. The second kappa shape index (κ2) is 9.18. The summed E-state index contributed by atoms with van der Waals surface area (Å²) in [6, 6.07) is 13.7. The van der Waals surface area contributed by atoms with E-state index in [1.807, 2.05) is 85.2 Å². The highest BCUT2D eigenvalue weighted by Gasteiger charge is 2.13. The van der Waals surface area contributed by atoms with Crippen LogP contribution in [-0.2, 0) is 11.3 Å². The van der Waals surface area contributed by atoms with Gasteiger partial charge in [-0.15, -0.1) is 11.8 Å².